The van der Waals surface area contributed by atoms with Gasteiger partial charge in [0.1, 0.15) is 16.9 Å². The summed E-state index contributed by atoms with van der Waals surface area (Å²) in [6.45, 7) is 4.79. The average Bonchev–Trinajstić information content (AvgIpc) is 3.33. The first-order chi connectivity index (χ1) is 18.8. The summed E-state index contributed by atoms with van der Waals surface area (Å²) < 4.78 is 45.4. The molecule has 39 heavy (non-hydrogen) atoms. The fraction of sp³-hybridized carbons (Fsp3) is 0.241. The van der Waals surface area contributed by atoms with Crippen molar-refractivity contribution in [3.63, 3.8) is 0 Å². The monoisotopic (exact) mass is 548 g/mol. The van der Waals surface area contributed by atoms with E-state index >= 15 is 0 Å². The van der Waals surface area contributed by atoms with E-state index in [2.05, 4.69) is 0 Å². The number of amides is 2. The van der Waals surface area contributed by atoms with Gasteiger partial charge in [0.05, 0.1) is 30.4 Å². The van der Waals surface area contributed by atoms with Gasteiger partial charge < -0.3 is 18.8 Å². The minimum atomic E-state index is -4.32. The Morgan fingerprint density at radius 2 is 1.67 bits per heavy atom. The molecule has 1 aliphatic rings. The van der Waals surface area contributed by atoms with Crippen LogP contribution in [0.4, 0.5) is 10.5 Å². The quantitative estimate of drug-likeness (QED) is 0.304. The summed E-state index contributed by atoms with van der Waals surface area (Å²) in [7, 11) is -4.32. The Hall–Kier alpha value is -4.15. The molecule has 10 heteroatoms. The largest absolute Gasteiger partial charge is 0.462 e. The molecule has 0 radical (unpaired) electrons. The number of urea groups is 1. The maximum absolute atomic E-state index is 13.9. The topological polar surface area (TPSA) is 106 Å². The molecule has 1 saturated heterocycles. The van der Waals surface area contributed by atoms with Crippen LogP contribution in [0.5, 0.6) is 0 Å². The molecule has 0 saturated carbocycles. The molecule has 4 aromatic rings. The van der Waals surface area contributed by atoms with Crippen LogP contribution in [0.3, 0.4) is 0 Å². The van der Waals surface area contributed by atoms with Crippen molar-refractivity contribution in [2.24, 2.45) is 0 Å². The molecule has 0 atom stereocenters. The van der Waals surface area contributed by atoms with Gasteiger partial charge in [-0.2, -0.15) is 4.31 Å². The molecule has 1 aliphatic heterocycles. The Kier molecular flexibility index (Phi) is 7.40. The molecule has 9 nitrogen and oxygen atoms in total. The van der Waals surface area contributed by atoms with Crippen LogP contribution < -0.4 is 4.31 Å². The summed E-state index contributed by atoms with van der Waals surface area (Å²) in [6, 6.07) is 19.2. The van der Waals surface area contributed by atoms with Crippen molar-refractivity contribution >= 4 is 38.7 Å². The molecule has 0 unspecified atom stereocenters. The number of carbonyl (C=O) groups excluding carboxylic acids is 2. The van der Waals surface area contributed by atoms with Gasteiger partial charge in [0.2, 0.25) is 0 Å². The molecule has 0 bridgehead atoms. The van der Waals surface area contributed by atoms with Gasteiger partial charge in [-0.15, -0.1) is 0 Å². The highest BCUT2D eigenvalue weighted by Crippen LogP contribution is 2.37. The number of fused-ring (bicyclic) bond motifs is 1. The van der Waals surface area contributed by atoms with Crippen LogP contribution in [0, 0.1) is 6.92 Å². The second-order valence-electron chi connectivity index (χ2n) is 9.04. The molecule has 202 valence electrons. The number of hydrogen-bond acceptors (Lipinski definition) is 7. The zero-order chi connectivity index (χ0) is 27.6. The highest BCUT2D eigenvalue weighted by molar-refractivity contribution is 7.93. The van der Waals surface area contributed by atoms with E-state index in [1.54, 1.807) is 37.3 Å². The van der Waals surface area contributed by atoms with E-state index in [0.29, 0.717) is 35.5 Å². The number of benzene rings is 3. The van der Waals surface area contributed by atoms with Gasteiger partial charge in [-0.1, -0.05) is 48.0 Å². The Bertz CT molecular complexity index is 1610. The van der Waals surface area contributed by atoms with Gasteiger partial charge in [0, 0.05) is 24.0 Å². The number of anilines is 1. The summed E-state index contributed by atoms with van der Waals surface area (Å²) >= 11 is 0. The second kappa shape index (κ2) is 10.9. The van der Waals surface area contributed by atoms with Crippen LogP contribution in [0.1, 0.15) is 22.8 Å². The molecule has 5 rings (SSSR count). The smallest absolute Gasteiger partial charge is 0.342 e. The summed E-state index contributed by atoms with van der Waals surface area (Å²) in [4.78, 5) is 28.3. The van der Waals surface area contributed by atoms with Crippen LogP contribution in [-0.2, 0) is 19.5 Å². The first-order valence-electron chi connectivity index (χ1n) is 12.6. The Labute approximate surface area is 226 Å². The van der Waals surface area contributed by atoms with E-state index in [0.717, 1.165) is 9.87 Å². The Morgan fingerprint density at radius 3 is 2.33 bits per heavy atom. The van der Waals surface area contributed by atoms with E-state index in [4.69, 9.17) is 13.9 Å². The summed E-state index contributed by atoms with van der Waals surface area (Å²) in [5.41, 5.74) is 2.13. The van der Waals surface area contributed by atoms with E-state index in [9.17, 15) is 18.0 Å². The molecule has 2 amide bonds. The number of ether oxygens (including phenoxy) is 2. The van der Waals surface area contributed by atoms with E-state index in [1.165, 1.54) is 29.2 Å². The number of carbonyl (C=O) groups is 2. The molecule has 1 fully saturated rings. The number of rotatable bonds is 6. The van der Waals surface area contributed by atoms with Gasteiger partial charge in [0.15, 0.2) is 0 Å². The highest BCUT2D eigenvalue weighted by Gasteiger charge is 2.36. The molecule has 0 N–H and O–H groups in total. The summed E-state index contributed by atoms with van der Waals surface area (Å²) in [6.07, 6.45) is 0. The summed E-state index contributed by atoms with van der Waals surface area (Å²) in [5.74, 6) is -0.312. The van der Waals surface area contributed by atoms with Gasteiger partial charge >= 0.3 is 12.0 Å². The van der Waals surface area contributed by atoms with Crippen molar-refractivity contribution in [1.82, 2.24) is 4.90 Å². The highest BCUT2D eigenvalue weighted by atomic mass is 32.2. The van der Waals surface area contributed by atoms with Crippen molar-refractivity contribution in [2.45, 2.75) is 18.7 Å². The fourth-order valence-corrected chi connectivity index (χ4v) is 5.86. The van der Waals surface area contributed by atoms with Crippen LogP contribution in [0.2, 0.25) is 0 Å². The number of esters is 1. The van der Waals surface area contributed by atoms with Crippen molar-refractivity contribution in [3.8, 4) is 11.3 Å². The first kappa shape index (κ1) is 26.5. The van der Waals surface area contributed by atoms with Crippen molar-refractivity contribution in [1.29, 1.82) is 0 Å². The predicted molar refractivity (Wildman–Crippen MR) is 146 cm³/mol. The Balaban J connectivity index is 1.70. The molecule has 0 aliphatic carbocycles. The zero-order valence-corrected chi connectivity index (χ0v) is 22.4. The third-order valence-corrected chi connectivity index (χ3v) is 8.15. The SMILES string of the molecule is CCOC(=O)c1c(-c2ccccc2)oc2ccc(N(C(=O)N3CCOCC3)S(=O)(=O)c3ccc(C)cc3)cc12. The lowest BCUT2D eigenvalue weighted by molar-refractivity contribution is 0.0528. The molecule has 1 aromatic heterocycles. The van der Waals surface area contributed by atoms with Gasteiger partial charge in [-0.25, -0.2) is 18.0 Å². The lowest BCUT2D eigenvalue weighted by Crippen LogP contribution is -2.50. The standard InChI is InChI=1S/C29H28N2O7S/c1-3-37-28(32)26-24-19-22(11-14-25(24)38-27(26)21-7-5-4-6-8-21)31(29(33)30-15-17-36-18-16-30)39(34,35)23-12-9-20(2)10-13-23/h4-14,19H,3,15-18H2,1-2H3. The summed E-state index contributed by atoms with van der Waals surface area (Å²) in [5, 5.41) is 0.337. The average molecular weight is 549 g/mol. The van der Waals surface area contributed by atoms with Gasteiger partial charge in [-0.3, -0.25) is 0 Å². The van der Waals surface area contributed by atoms with Gasteiger partial charge in [-0.05, 0) is 44.2 Å². The number of furan rings is 1. The number of morpholine rings is 1. The Morgan fingerprint density at radius 1 is 0.974 bits per heavy atom. The maximum atomic E-state index is 13.9. The fourth-order valence-electron chi connectivity index (χ4n) is 4.46. The molecular formula is C29H28N2O7S. The third kappa shape index (κ3) is 5.13. The molecular weight excluding hydrogens is 520 g/mol. The van der Waals surface area contributed by atoms with Crippen molar-refractivity contribution in [3.05, 3.63) is 83.9 Å². The number of sulfonamides is 1. The van der Waals surface area contributed by atoms with Gasteiger partial charge in [0.25, 0.3) is 10.0 Å². The van der Waals surface area contributed by atoms with Crippen molar-refractivity contribution < 1.29 is 31.9 Å². The lowest BCUT2D eigenvalue weighted by Gasteiger charge is -2.32. The molecule has 2 heterocycles. The molecule has 0 spiro atoms. The lowest BCUT2D eigenvalue weighted by atomic mass is 10.1. The number of nitrogens with zero attached hydrogens (tertiary/aromatic N) is 2. The van der Waals surface area contributed by atoms with Crippen LogP contribution in [-0.4, -0.2) is 58.2 Å². The van der Waals surface area contributed by atoms with E-state index < -0.39 is 22.0 Å². The minimum absolute atomic E-state index is 0.0300. The van der Waals surface area contributed by atoms with Crippen LogP contribution >= 0.6 is 0 Å². The van der Waals surface area contributed by atoms with E-state index in [-0.39, 0.29) is 35.8 Å². The number of hydrogen-bond donors (Lipinski definition) is 0. The van der Waals surface area contributed by atoms with Crippen LogP contribution in [0.15, 0.2) is 82.1 Å². The van der Waals surface area contributed by atoms with E-state index in [1.807, 2.05) is 25.1 Å². The minimum Gasteiger partial charge on any atom is -0.462 e. The predicted octanol–water partition coefficient (Wildman–Crippen LogP) is 5.23. The zero-order valence-electron chi connectivity index (χ0n) is 21.6. The van der Waals surface area contributed by atoms with Crippen molar-refractivity contribution in [2.75, 3.05) is 37.2 Å². The maximum Gasteiger partial charge on any atom is 0.342 e. The first-order valence-corrected chi connectivity index (χ1v) is 14.0. The number of aryl methyl sites for hydroxylation is 1. The second-order valence-corrected chi connectivity index (χ2v) is 10.8. The third-order valence-electron chi connectivity index (χ3n) is 6.44. The normalized spacial score (nSPS) is 13.8. The van der Waals surface area contributed by atoms with Crippen LogP contribution in [0.25, 0.3) is 22.3 Å². The molecule has 3 aromatic carbocycles.